The number of hydrogen-bond acceptors (Lipinski definition) is 4. The number of nitro groups is 1. The minimum atomic E-state index is -0.385. The third-order valence-electron chi connectivity index (χ3n) is 5.60. The van der Waals surface area contributed by atoms with Crippen molar-refractivity contribution in [1.29, 1.82) is 0 Å². The largest absolute Gasteiger partial charge is 0.351 e. The molecule has 1 fully saturated rings. The Morgan fingerprint density at radius 3 is 2.55 bits per heavy atom. The molecule has 2 atom stereocenters. The number of nitrogens with zero attached hydrogens (tertiary/aromatic N) is 4. The summed E-state index contributed by atoms with van der Waals surface area (Å²) in [6, 6.07) is 23.9. The van der Waals surface area contributed by atoms with Crippen molar-refractivity contribution in [2.75, 3.05) is 4.90 Å². The molecule has 0 unspecified atom stereocenters. The zero-order chi connectivity index (χ0) is 22.9. The minimum absolute atomic E-state index is 0.0401. The van der Waals surface area contributed by atoms with Crippen LogP contribution in [0, 0.1) is 10.1 Å². The first-order chi connectivity index (χ1) is 16.0. The van der Waals surface area contributed by atoms with Crippen molar-refractivity contribution in [3.8, 4) is 5.69 Å². The van der Waals surface area contributed by atoms with E-state index in [1.807, 2.05) is 71.4 Å². The molecule has 1 saturated heterocycles. The Morgan fingerprint density at radius 2 is 1.82 bits per heavy atom. The lowest BCUT2D eigenvalue weighted by Gasteiger charge is -2.29. The number of thiocarbonyl (C=S) groups is 1. The van der Waals surface area contributed by atoms with Gasteiger partial charge in [0.2, 0.25) is 0 Å². The van der Waals surface area contributed by atoms with E-state index < -0.39 is 0 Å². The molecule has 1 N–H and O–H groups in total. The van der Waals surface area contributed by atoms with Gasteiger partial charge in [-0.3, -0.25) is 15.1 Å². The van der Waals surface area contributed by atoms with Crippen LogP contribution in [-0.2, 0) is 0 Å². The standard InChI is InChI=1S/C24H18BrN5O2S/c25-16-9-11-17(12-10-16)29-23(22(27-24(29)33)20-7-1-2-13-26-20)21-8-4-14-28(21)18-5-3-6-19(15-18)30(31)32/h1-15,22-23H,(H,27,33)/t22-,23+/m1/s1. The van der Waals surface area contributed by atoms with Crippen molar-refractivity contribution in [2.45, 2.75) is 12.1 Å². The molecule has 5 rings (SSSR count). The topological polar surface area (TPSA) is 76.2 Å². The average Bonchev–Trinajstić information content (AvgIpc) is 3.44. The van der Waals surface area contributed by atoms with Gasteiger partial charge in [0, 0.05) is 40.4 Å². The third kappa shape index (κ3) is 4.01. The summed E-state index contributed by atoms with van der Waals surface area (Å²) in [6.45, 7) is 0. The van der Waals surface area contributed by atoms with Gasteiger partial charge < -0.3 is 14.8 Å². The summed E-state index contributed by atoms with van der Waals surface area (Å²) >= 11 is 9.27. The summed E-state index contributed by atoms with van der Waals surface area (Å²) in [7, 11) is 0. The van der Waals surface area contributed by atoms with Crippen molar-refractivity contribution in [1.82, 2.24) is 14.9 Å². The number of aromatic nitrogens is 2. The highest BCUT2D eigenvalue weighted by molar-refractivity contribution is 9.10. The Labute approximate surface area is 204 Å². The zero-order valence-corrected chi connectivity index (χ0v) is 19.6. The Bertz CT molecular complexity index is 1330. The molecular weight excluding hydrogens is 502 g/mol. The molecule has 0 amide bonds. The van der Waals surface area contributed by atoms with Crippen LogP contribution >= 0.6 is 28.1 Å². The van der Waals surface area contributed by atoms with Gasteiger partial charge >= 0.3 is 0 Å². The van der Waals surface area contributed by atoms with Crippen LogP contribution in [0.2, 0.25) is 0 Å². The molecule has 0 spiro atoms. The van der Waals surface area contributed by atoms with Crippen LogP contribution in [0.3, 0.4) is 0 Å². The summed E-state index contributed by atoms with van der Waals surface area (Å²) in [5, 5.41) is 15.4. The number of hydrogen-bond donors (Lipinski definition) is 1. The smallest absolute Gasteiger partial charge is 0.271 e. The highest BCUT2D eigenvalue weighted by atomic mass is 79.9. The van der Waals surface area contributed by atoms with Crippen LogP contribution in [-0.4, -0.2) is 19.6 Å². The normalized spacial score (nSPS) is 17.7. The second-order valence-electron chi connectivity index (χ2n) is 7.55. The molecular formula is C24H18BrN5O2S. The lowest BCUT2D eigenvalue weighted by Crippen LogP contribution is -2.30. The molecule has 33 heavy (non-hydrogen) atoms. The zero-order valence-electron chi connectivity index (χ0n) is 17.2. The van der Waals surface area contributed by atoms with Crippen LogP contribution in [0.5, 0.6) is 0 Å². The van der Waals surface area contributed by atoms with Gasteiger partial charge in [-0.15, -0.1) is 0 Å². The van der Waals surface area contributed by atoms with Crippen LogP contribution in [0.4, 0.5) is 11.4 Å². The molecule has 0 saturated carbocycles. The molecule has 2 aromatic heterocycles. The van der Waals surface area contributed by atoms with Crippen LogP contribution in [0.25, 0.3) is 5.69 Å². The van der Waals surface area contributed by atoms with Gasteiger partial charge in [0.05, 0.1) is 22.3 Å². The van der Waals surface area contributed by atoms with Gasteiger partial charge in [-0.25, -0.2) is 0 Å². The summed E-state index contributed by atoms with van der Waals surface area (Å²) in [6.07, 6.45) is 3.67. The predicted octanol–water partition coefficient (Wildman–Crippen LogP) is 5.72. The molecule has 7 nitrogen and oxygen atoms in total. The Morgan fingerprint density at radius 1 is 1.00 bits per heavy atom. The maximum atomic E-state index is 11.4. The SMILES string of the molecule is O=[N+]([O-])c1cccc(-n2cccc2[C@H]2[C@@H](c3ccccn3)NC(=S)N2c2ccc(Br)cc2)c1. The summed E-state index contributed by atoms with van der Waals surface area (Å²) < 4.78 is 2.94. The van der Waals surface area contributed by atoms with Crippen molar-refractivity contribution < 1.29 is 4.92 Å². The molecule has 0 bridgehead atoms. The summed E-state index contributed by atoms with van der Waals surface area (Å²) in [5.41, 5.74) is 3.47. The second kappa shape index (κ2) is 8.76. The van der Waals surface area contributed by atoms with Crippen molar-refractivity contribution >= 4 is 44.6 Å². The van der Waals surface area contributed by atoms with Crippen LogP contribution in [0.1, 0.15) is 23.5 Å². The molecule has 3 heterocycles. The summed E-state index contributed by atoms with van der Waals surface area (Å²) in [4.78, 5) is 17.6. The molecule has 4 aromatic rings. The molecule has 164 valence electrons. The third-order valence-corrected chi connectivity index (χ3v) is 6.45. The van der Waals surface area contributed by atoms with Crippen LogP contribution < -0.4 is 10.2 Å². The van der Waals surface area contributed by atoms with E-state index in [0.29, 0.717) is 10.8 Å². The minimum Gasteiger partial charge on any atom is -0.351 e. The molecule has 1 aliphatic heterocycles. The first kappa shape index (κ1) is 21.3. The van der Waals surface area contributed by atoms with Gasteiger partial charge in [0.15, 0.2) is 5.11 Å². The number of halogens is 1. The second-order valence-corrected chi connectivity index (χ2v) is 8.86. The van der Waals surface area contributed by atoms with E-state index in [0.717, 1.165) is 21.5 Å². The van der Waals surface area contributed by atoms with E-state index in [9.17, 15) is 10.1 Å². The number of nitrogens with one attached hydrogen (secondary N) is 1. The molecule has 0 aliphatic carbocycles. The first-order valence-corrected chi connectivity index (χ1v) is 11.4. The maximum absolute atomic E-state index is 11.4. The van der Waals surface area contributed by atoms with E-state index in [-0.39, 0.29) is 22.7 Å². The van der Waals surface area contributed by atoms with E-state index in [1.54, 1.807) is 18.3 Å². The van der Waals surface area contributed by atoms with Crippen molar-refractivity contribution in [3.63, 3.8) is 0 Å². The quantitative estimate of drug-likeness (QED) is 0.206. The van der Waals surface area contributed by atoms with Crippen molar-refractivity contribution in [3.05, 3.63) is 117 Å². The monoisotopic (exact) mass is 519 g/mol. The fourth-order valence-electron chi connectivity index (χ4n) is 4.16. The number of benzene rings is 2. The fourth-order valence-corrected chi connectivity index (χ4v) is 4.77. The predicted molar refractivity (Wildman–Crippen MR) is 134 cm³/mol. The van der Waals surface area contributed by atoms with Crippen molar-refractivity contribution in [2.24, 2.45) is 0 Å². The molecule has 2 aromatic carbocycles. The molecule has 1 aliphatic rings. The van der Waals surface area contributed by atoms with E-state index in [1.165, 1.54) is 6.07 Å². The first-order valence-electron chi connectivity index (χ1n) is 10.2. The Hall–Kier alpha value is -3.56. The highest BCUT2D eigenvalue weighted by Crippen LogP contribution is 2.42. The number of non-ortho nitro benzene ring substituents is 1. The van der Waals surface area contributed by atoms with E-state index >= 15 is 0 Å². The van der Waals surface area contributed by atoms with E-state index in [4.69, 9.17) is 12.2 Å². The lowest BCUT2D eigenvalue weighted by atomic mass is 10.0. The van der Waals surface area contributed by atoms with Gasteiger partial charge in [-0.1, -0.05) is 28.1 Å². The Kier molecular flexibility index (Phi) is 5.65. The maximum Gasteiger partial charge on any atom is 0.271 e. The van der Waals surface area contributed by atoms with Gasteiger partial charge in [-0.05, 0) is 66.8 Å². The molecule has 0 radical (unpaired) electrons. The van der Waals surface area contributed by atoms with Gasteiger partial charge in [0.1, 0.15) is 6.04 Å². The number of rotatable bonds is 5. The fraction of sp³-hybridized carbons (Fsp3) is 0.0833. The number of nitro benzene ring substituents is 1. The average molecular weight is 520 g/mol. The van der Waals surface area contributed by atoms with Crippen LogP contribution in [0.15, 0.2) is 95.7 Å². The Balaban J connectivity index is 1.66. The summed E-state index contributed by atoms with van der Waals surface area (Å²) in [5.74, 6) is 0. The highest BCUT2D eigenvalue weighted by Gasteiger charge is 2.42. The number of anilines is 1. The van der Waals surface area contributed by atoms with Gasteiger partial charge in [-0.2, -0.15) is 0 Å². The lowest BCUT2D eigenvalue weighted by molar-refractivity contribution is -0.384. The van der Waals surface area contributed by atoms with Gasteiger partial charge in [0.25, 0.3) is 5.69 Å². The number of pyridine rings is 1. The van der Waals surface area contributed by atoms with E-state index in [2.05, 4.69) is 31.1 Å². The molecule has 9 heteroatoms.